The molecule has 0 radical (unpaired) electrons. The highest BCUT2D eigenvalue weighted by Gasteiger charge is 2.14. The third-order valence-electron chi connectivity index (χ3n) is 3.50. The predicted octanol–water partition coefficient (Wildman–Crippen LogP) is 2.06. The summed E-state index contributed by atoms with van der Waals surface area (Å²) in [6, 6.07) is 5.68. The van der Waals surface area contributed by atoms with Gasteiger partial charge in [-0.2, -0.15) is 0 Å². The second-order valence-electron chi connectivity index (χ2n) is 5.44. The molecule has 0 aliphatic carbocycles. The third-order valence-corrected chi connectivity index (χ3v) is 3.50. The summed E-state index contributed by atoms with van der Waals surface area (Å²) in [4.78, 5) is 23.4. The predicted molar refractivity (Wildman–Crippen MR) is 93.4 cm³/mol. The lowest BCUT2D eigenvalue weighted by atomic mass is 10.1. The Balaban J connectivity index is 2.53. The van der Waals surface area contributed by atoms with Crippen molar-refractivity contribution in [1.29, 1.82) is 0 Å². The van der Waals surface area contributed by atoms with Crippen LogP contribution in [0, 0.1) is 0 Å². The second-order valence-corrected chi connectivity index (χ2v) is 5.44. The van der Waals surface area contributed by atoms with Gasteiger partial charge in [-0.3, -0.25) is 9.59 Å². The van der Waals surface area contributed by atoms with E-state index < -0.39 is 11.8 Å². The molecule has 1 unspecified atom stereocenters. The summed E-state index contributed by atoms with van der Waals surface area (Å²) in [6.45, 7) is 9.15. The molecular weight excluding hydrogens is 308 g/mol. The number of carbonyl (C=O) groups is 2. The monoisotopic (exact) mass is 336 g/mol. The number of ether oxygens (including phenoxy) is 2. The van der Waals surface area contributed by atoms with E-state index in [2.05, 4.69) is 10.6 Å². The lowest BCUT2D eigenvalue weighted by Gasteiger charge is -2.13. The zero-order valence-corrected chi connectivity index (χ0v) is 15.0. The number of rotatable bonds is 9. The van der Waals surface area contributed by atoms with Gasteiger partial charge in [-0.1, -0.05) is 13.0 Å². The Morgan fingerprint density at radius 1 is 1.04 bits per heavy atom. The number of hydrogen-bond acceptors (Lipinski definition) is 4. The van der Waals surface area contributed by atoms with E-state index in [4.69, 9.17) is 9.47 Å². The molecule has 6 heteroatoms. The summed E-state index contributed by atoms with van der Waals surface area (Å²) in [7, 11) is 0. The van der Waals surface area contributed by atoms with Crippen molar-refractivity contribution in [3.8, 4) is 11.5 Å². The molecule has 1 aromatic rings. The quantitative estimate of drug-likeness (QED) is 0.677. The molecule has 0 aliphatic rings. The van der Waals surface area contributed by atoms with Crippen LogP contribution in [0.4, 0.5) is 0 Å². The molecule has 0 aromatic heterocycles. The number of carbonyl (C=O) groups excluding carboxylic acids is 2. The molecule has 2 N–H and O–H groups in total. The van der Waals surface area contributed by atoms with Crippen molar-refractivity contribution in [2.75, 3.05) is 19.8 Å². The minimum atomic E-state index is -0.605. The summed E-state index contributed by atoms with van der Waals surface area (Å²) in [6.07, 6.45) is 1.39. The van der Waals surface area contributed by atoms with Gasteiger partial charge in [-0.05, 0) is 51.3 Å². The first kappa shape index (κ1) is 19.8. The van der Waals surface area contributed by atoms with Gasteiger partial charge < -0.3 is 20.1 Å². The lowest BCUT2D eigenvalue weighted by Crippen LogP contribution is -2.43. The molecule has 1 atom stereocenters. The molecule has 2 amide bonds. The Morgan fingerprint density at radius 3 is 2.33 bits per heavy atom. The molecule has 24 heavy (non-hydrogen) atoms. The van der Waals surface area contributed by atoms with E-state index in [9.17, 15) is 9.59 Å². The number of hydrogen-bond donors (Lipinski definition) is 2. The molecule has 0 fully saturated rings. The maximum atomic E-state index is 11.7. The van der Waals surface area contributed by atoms with E-state index in [-0.39, 0.29) is 6.04 Å². The van der Waals surface area contributed by atoms with E-state index in [1.54, 1.807) is 0 Å². The highest BCUT2D eigenvalue weighted by molar-refractivity contribution is 6.35. The van der Waals surface area contributed by atoms with Gasteiger partial charge in [0.25, 0.3) is 0 Å². The minimum absolute atomic E-state index is 0.0110. The fourth-order valence-corrected chi connectivity index (χ4v) is 2.04. The fourth-order valence-electron chi connectivity index (χ4n) is 2.04. The summed E-state index contributed by atoms with van der Waals surface area (Å²) in [5.74, 6) is 0.204. The topological polar surface area (TPSA) is 76.7 Å². The van der Waals surface area contributed by atoms with Gasteiger partial charge >= 0.3 is 11.8 Å². The first-order valence-electron chi connectivity index (χ1n) is 8.48. The Bertz CT molecular complexity index is 546. The molecule has 0 bridgehead atoms. The molecule has 134 valence electrons. The van der Waals surface area contributed by atoms with Gasteiger partial charge in [0.1, 0.15) is 0 Å². The summed E-state index contributed by atoms with van der Waals surface area (Å²) in [5, 5.41) is 5.27. The summed E-state index contributed by atoms with van der Waals surface area (Å²) < 4.78 is 11.1. The third kappa shape index (κ3) is 6.48. The van der Waals surface area contributed by atoms with Crippen molar-refractivity contribution in [3.63, 3.8) is 0 Å². The van der Waals surface area contributed by atoms with Crippen LogP contribution < -0.4 is 20.1 Å². The highest BCUT2D eigenvalue weighted by Crippen LogP contribution is 2.28. The highest BCUT2D eigenvalue weighted by atomic mass is 16.5. The number of nitrogens with one attached hydrogen (secondary N) is 2. The fraction of sp³-hybridized carbons (Fsp3) is 0.556. The van der Waals surface area contributed by atoms with Crippen molar-refractivity contribution in [1.82, 2.24) is 10.6 Å². The largest absolute Gasteiger partial charge is 0.490 e. The van der Waals surface area contributed by atoms with Crippen molar-refractivity contribution < 1.29 is 19.1 Å². The molecule has 0 heterocycles. The molecule has 0 spiro atoms. The Hall–Kier alpha value is -2.24. The number of benzene rings is 1. The Labute approximate surface area is 143 Å². The SMILES string of the molecule is CCOc1ccc(CCNC(=O)C(=O)NC(C)CC)cc1OCC. The molecule has 0 aliphatic heterocycles. The van der Waals surface area contributed by atoms with Crippen molar-refractivity contribution >= 4 is 11.8 Å². The van der Waals surface area contributed by atoms with Gasteiger partial charge in [-0.25, -0.2) is 0 Å². The van der Waals surface area contributed by atoms with Crippen LogP contribution in [-0.4, -0.2) is 37.6 Å². The molecule has 1 rings (SSSR count). The maximum Gasteiger partial charge on any atom is 0.309 e. The molecule has 6 nitrogen and oxygen atoms in total. The normalized spacial score (nSPS) is 11.5. The second kappa shape index (κ2) is 10.5. The van der Waals surface area contributed by atoms with Crippen LogP contribution in [0.1, 0.15) is 39.7 Å². The van der Waals surface area contributed by atoms with Gasteiger partial charge in [-0.15, -0.1) is 0 Å². The van der Waals surface area contributed by atoms with Gasteiger partial charge in [0.05, 0.1) is 13.2 Å². The molecule has 0 saturated carbocycles. The van der Waals surface area contributed by atoms with Crippen molar-refractivity contribution in [2.45, 2.75) is 46.6 Å². The summed E-state index contributed by atoms with van der Waals surface area (Å²) >= 11 is 0. The van der Waals surface area contributed by atoms with Crippen LogP contribution in [0.5, 0.6) is 11.5 Å². The minimum Gasteiger partial charge on any atom is -0.490 e. The molecule has 0 saturated heterocycles. The smallest absolute Gasteiger partial charge is 0.309 e. The van der Waals surface area contributed by atoms with Crippen molar-refractivity contribution in [2.24, 2.45) is 0 Å². The average Bonchev–Trinajstić information content (AvgIpc) is 2.57. The Morgan fingerprint density at radius 2 is 1.71 bits per heavy atom. The number of amides is 2. The average molecular weight is 336 g/mol. The Kier molecular flexibility index (Phi) is 8.68. The van der Waals surface area contributed by atoms with Crippen molar-refractivity contribution in [3.05, 3.63) is 23.8 Å². The standard InChI is InChI=1S/C18H28N2O4/c1-5-13(4)20-18(22)17(21)19-11-10-14-8-9-15(23-6-2)16(12-14)24-7-3/h8-9,12-13H,5-7,10-11H2,1-4H3,(H,19,21)(H,20,22). The van der Waals surface area contributed by atoms with Crippen LogP contribution >= 0.6 is 0 Å². The van der Waals surface area contributed by atoms with Crippen LogP contribution in [-0.2, 0) is 16.0 Å². The van der Waals surface area contributed by atoms with E-state index in [1.807, 2.05) is 45.9 Å². The van der Waals surface area contributed by atoms with E-state index in [0.717, 1.165) is 12.0 Å². The van der Waals surface area contributed by atoms with Crippen LogP contribution in [0.25, 0.3) is 0 Å². The van der Waals surface area contributed by atoms with Gasteiger partial charge in [0, 0.05) is 12.6 Å². The zero-order chi connectivity index (χ0) is 17.9. The zero-order valence-electron chi connectivity index (χ0n) is 15.0. The molecular formula is C18H28N2O4. The summed E-state index contributed by atoms with van der Waals surface area (Å²) in [5.41, 5.74) is 1.00. The first-order valence-corrected chi connectivity index (χ1v) is 8.48. The van der Waals surface area contributed by atoms with E-state index >= 15 is 0 Å². The van der Waals surface area contributed by atoms with Crippen LogP contribution in [0.15, 0.2) is 18.2 Å². The maximum absolute atomic E-state index is 11.7. The first-order chi connectivity index (χ1) is 11.5. The van der Waals surface area contributed by atoms with E-state index in [0.29, 0.717) is 37.7 Å². The van der Waals surface area contributed by atoms with E-state index in [1.165, 1.54) is 0 Å². The van der Waals surface area contributed by atoms with Crippen LogP contribution in [0.2, 0.25) is 0 Å². The van der Waals surface area contributed by atoms with Crippen LogP contribution in [0.3, 0.4) is 0 Å². The van der Waals surface area contributed by atoms with Gasteiger partial charge in [0.15, 0.2) is 11.5 Å². The van der Waals surface area contributed by atoms with Gasteiger partial charge in [0.2, 0.25) is 0 Å². The lowest BCUT2D eigenvalue weighted by molar-refractivity contribution is -0.139. The molecule has 1 aromatic carbocycles.